The van der Waals surface area contributed by atoms with Gasteiger partial charge >= 0.3 is 0 Å². The average Bonchev–Trinajstić information content (AvgIpc) is 2.83. The second-order valence-corrected chi connectivity index (χ2v) is 6.68. The van der Waals surface area contributed by atoms with Crippen LogP contribution >= 0.6 is 0 Å². The van der Waals surface area contributed by atoms with Gasteiger partial charge in [-0.15, -0.1) is 0 Å². The number of amides is 1. The van der Waals surface area contributed by atoms with Crippen LogP contribution in [0.4, 0.5) is 0 Å². The molecule has 1 saturated heterocycles. The number of morpholine rings is 1. The highest BCUT2D eigenvalue weighted by Crippen LogP contribution is 2.27. The molecule has 1 fully saturated rings. The Kier molecular flexibility index (Phi) is 3.66. The number of rotatable bonds is 2. The Bertz CT molecular complexity index is 553. The summed E-state index contributed by atoms with van der Waals surface area (Å²) in [6.45, 7) is 8.18. The van der Waals surface area contributed by atoms with Crippen molar-refractivity contribution in [2.45, 2.75) is 45.3 Å². The summed E-state index contributed by atoms with van der Waals surface area (Å²) in [4.78, 5) is 14.5. The van der Waals surface area contributed by atoms with Crippen molar-refractivity contribution in [3.05, 3.63) is 29.3 Å². The molecule has 1 amide bonds. The maximum Gasteiger partial charge on any atom is 0.227 e. The number of nitrogens with zero attached hydrogens (tertiary/aromatic N) is 1. The SMILES string of the molecule is CC1CN(C(=O)Cc2ccc3c(c2)CCO3)CC(C)(C)O1. The van der Waals surface area contributed by atoms with Gasteiger partial charge in [0.1, 0.15) is 5.75 Å². The summed E-state index contributed by atoms with van der Waals surface area (Å²) in [7, 11) is 0. The number of carbonyl (C=O) groups is 1. The zero-order valence-corrected chi connectivity index (χ0v) is 13.0. The summed E-state index contributed by atoms with van der Waals surface area (Å²) in [6.07, 6.45) is 1.49. The Labute approximate surface area is 126 Å². The molecule has 2 aliphatic heterocycles. The van der Waals surface area contributed by atoms with E-state index in [4.69, 9.17) is 9.47 Å². The van der Waals surface area contributed by atoms with Crippen molar-refractivity contribution in [1.82, 2.24) is 4.90 Å². The summed E-state index contributed by atoms with van der Waals surface area (Å²) < 4.78 is 11.4. The van der Waals surface area contributed by atoms with Crippen LogP contribution < -0.4 is 4.74 Å². The van der Waals surface area contributed by atoms with E-state index in [2.05, 4.69) is 6.07 Å². The topological polar surface area (TPSA) is 38.8 Å². The molecule has 3 rings (SSSR count). The fourth-order valence-corrected chi connectivity index (χ4v) is 3.28. The standard InChI is InChI=1S/C17H23NO3/c1-12-10-18(11-17(2,3)21-12)16(19)9-13-4-5-15-14(8-13)6-7-20-15/h4-5,8,12H,6-7,9-11H2,1-3H3. The molecular weight excluding hydrogens is 266 g/mol. The van der Waals surface area contributed by atoms with Gasteiger partial charge in [0.05, 0.1) is 24.7 Å². The number of hydrogen-bond acceptors (Lipinski definition) is 3. The van der Waals surface area contributed by atoms with Crippen LogP contribution in [-0.2, 0) is 22.4 Å². The third kappa shape index (κ3) is 3.21. The predicted octanol–water partition coefficient (Wildman–Crippen LogP) is 2.19. The lowest BCUT2D eigenvalue weighted by atomic mass is 10.0. The van der Waals surface area contributed by atoms with Crippen LogP contribution in [0.5, 0.6) is 5.75 Å². The minimum Gasteiger partial charge on any atom is -0.493 e. The zero-order valence-electron chi connectivity index (χ0n) is 13.0. The van der Waals surface area contributed by atoms with E-state index in [0.717, 1.165) is 24.3 Å². The lowest BCUT2D eigenvalue weighted by Gasteiger charge is -2.41. The molecule has 0 radical (unpaired) electrons. The minimum atomic E-state index is -0.265. The smallest absolute Gasteiger partial charge is 0.227 e. The molecule has 0 N–H and O–H groups in total. The molecule has 114 valence electrons. The van der Waals surface area contributed by atoms with Crippen molar-refractivity contribution in [3.8, 4) is 5.75 Å². The molecule has 1 unspecified atom stereocenters. The van der Waals surface area contributed by atoms with Gasteiger partial charge in [-0.3, -0.25) is 4.79 Å². The first-order valence-electron chi connectivity index (χ1n) is 7.63. The molecule has 2 aliphatic rings. The Hall–Kier alpha value is -1.55. The lowest BCUT2D eigenvalue weighted by molar-refractivity contribution is -0.157. The summed E-state index contributed by atoms with van der Waals surface area (Å²) >= 11 is 0. The van der Waals surface area contributed by atoms with Crippen molar-refractivity contribution in [2.75, 3.05) is 19.7 Å². The lowest BCUT2D eigenvalue weighted by Crippen LogP contribution is -2.54. The van der Waals surface area contributed by atoms with E-state index >= 15 is 0 Å². The fraction of sp³-hybridized carbons (Fsp3) is 0.588. The number of ether oxygens (including phenoxy) is 2. The van der Waals surface area contributed by atoms with E-state index < -0.39 is 0 Å². The summed E-state index contributed by atoms with van der Waals surface area (Å²) in [5.74, 6) is 1.14. The summed E-state index contributed by atoms with van der Waals surface area (Å²) in [5, 5.41) is 0. The quantitative estimate of drug-likeness (QED) is 0.838. The molecule has 1 aromatic rings. The first kappa shape index (κ1) is 14.4. The molecule has 4 heteroatoms. The van der Waals surface area contributed by atoms with E-state index in [1.54, 1.807) is 0 Å². The van der Waals surface area contributed by atoms with E-state index in [9.17, 15) is 4.79 Å². The van der Waals surface area contributed by atoms with Crippen molar-refractivity contribution < 1.29 is 14.3 Å². The van der Waals surface area contributed by atoms with Gasteiger partial charge in [0.15, 0.2) is 0 Å². The Morgan fingerprint density at radius 3 is 3.00 bits per heavy atom. The van der Waals surface area contributed by atoms with E-state index in [1.165, 1.54) is 5.56 Å². The second kappa shape index (κ2) is 5.34. The number of fused-ring (bicyclic) bond motifs is 1. The molecule has 4 nitrogen and oxygen atoms in total. The van der Waals surface area contributed by atoms with Gasteiger partial charge in [0, 0.05) is 19.5 Å². The van der Waals surface area contributed by atoms with Gasteiger partial charge in [-0.05, 0) is 38.0 Å². The molecule has 1 aromatic carbocycles. The molecule has 0 bridgehead atoms. The molecule has 2 heterocycles. The van der Waals surface area contributed by atoms with Gasteiger partial charge in [-0.2, -0.15) is 0 Å². The number of carbonyl (C=O) groups excluding carboxylic acids is 1. The highest BCUT2D eigenvalue weighted by atomic mass is 16.5. The Morgan fingerprint density at radius 1 is 1.43 bits per heavy atom. The highest BCUT2D eigenvalue weighted by Gasteiger charge is 2.33. The van der Waals surface area contributed by atoms with Gasteiger partial charge in [0.2, 0.25) is 5.91 Å². The molecule has 0 spiro atoms. The van der Waals surface area contributed by atoms with Crippen LogP contribution in [0.15, 0.2) is 18.2 Å². The third-order valence-electron chi connectivity index (χ3n) is 4.03. The first-order valence-corrected chi connectivity index (χ1v) is 7.63. The van der Waals surface area contributed by atoms with E-state index in [-0.39, 0.29) is 17.6 Å². The highest BCUT2D eigenvalue weighted by molar-refractivity contribution is 5.79. The summed E-state index contributed by atoms with van der Waals surface area (Å²) in [6, 6.07) is 6.09. The van der Waals surface area contributed by atoms with Gasteiger partial charge in [-0.1, -0.05) is 12.1 Å². The average molecular weight is 289 g/mol. The third-order valence-corrected chi connectivity index (χ3v) is 4.03. The Balaban J connectivity index is 1.68. The monoisotopic (exact) mass is 289 g/mol. The first-order chi connectivity index (χ1) is 9.93. The van der Waals surface area contributed by atoms with Crippen LogP contribution in [0.1, 0.15) is 31.9 Å². The largest absolute Gasteiger partial charge is 0.493 e. The zero-order chi connectivity index (χ0) is 15.0. The molecule has 21 heavy (non-hydrogen) atoms. The van der Waals surface area contributed by atoms with Gasteiger partial charge in [0.25, 0.3) is 0 Å². The maximum absolute atomic E-state index is 12.5. The summed E-state index contributed by atoms with van der Waals surface area (Å²) in [5.41, 5.74) is 2.02. The molecule has 1 atom stereocenters. The van der Waals surface area contributed by atoms with Crippen molar-refractivity contribution in [3.63, 3.8) is 0 Å². The maximum atomic E-state index is 12.5. The van der Waals surface area contributed by atoms with Crippen LogP contribution in [0.25, 0.3) is 0 Å². The molecule has 0 aliphatic carbocycles. The van der Waals surface area contributed by atoms with Crippen LogP contribution in [0.2, 0.25) is 0 Å². The van der Waals surface area contributed by atoms with Crippen molar-refractivity contribution in [2.24, 2.45) is 0 Å². The Morgan fingerprint density at radius 2 is 2.24 bits per heavy atom. The predicted molar refractivity (Wildman–Crippen MR) is 80.6 cm³/mol. The minimum absolute atomic E-state index is 0.0890. The van der Waals surface area contributed by atoms with Gasteiger partial charge < -0.3 is 14.4 Å². The molecule has 0 aromatic heterocycles. The second-order valence-electron chi connectivity index (χ2n) is 6.68. The van der Waals surface area contributed by atoms with Gasteiger partial charge in [-0.25, -0.2) is 0 Å². The van der Waals surface area contributed by atoms with Crippen LogP contribution in [0.3, 0.4) is 0 Å². The fourth-order valence-electron chi connectivity index (χ4n) is 3.28. The number of benzene rings is 1. The number of hydrogen-bond donors (Lipinski definition) is 0. The van der Waals surface area contributed by atoms with E-state index in [1.807, 2.05) is 37.8 Å². The molecule has 0 saturated carbocycles. The van der Waals surface area contributed by atoms with E-state index in [0.29, 0.717) is 19.5 Å². The van der Waals surface area contributed by atoms with Crippen molar-refractivity contribution >= 4 is 5.91 Å². The van der Waals surface area contributed by atoms with Crippen LogP contribution in [0, 0.1) is 0 Å². The van der Waals surface area contributed by atoms with Crippen LogP contribution in [-0.4, -0.2) is 42.2 Å². The normalized spacial score (nSPS) is 23.6. The van der Waals surface area contributed by atoms with Crippen molar-refractivity contribution in [1.29, 1.82) is 0 Å². The molecular formula is C17H23NO3.